The summed E-state index contributed by atoms with van der Waals surface area (Å²) < 4.78 is 10.1. The summed E-state index contributed by atoms with van der Waals surface area (Å²) in [7, 11) is 1.55. The molecule has 0 radical (unpaired) electrons. The van der Waals surface area contributed by atoms with Crippen LogP contribution >= 0.6 is 0 Å². The van der Waals surface area contributed by atoms with Crippen molar-refractivity contribution in [2.75, 3.05) is 13.7 Å². The van der Waals surface area contributed by atoms with Crippen molar-refractivity contribution in [3.63, 3.8) is 0 Å². The van der Waals surface area contributed by atoms with Gasteiger partial charge in [0.15, 0.2) is 0 Å². The first kappa shape index (κ1) is 15.2. The molecule has 0 fully saturated rings. The van der Waals surface area contributed by atoms with E-state index < -0.39 is 11.7 Å². The monoisotopic (exact) mass is 267 g/mol. The first-order valence-corrected chi connectivity index (χ1v) is 6.04. The van der Waals surface area contributed by atoms with Crippen LogP contribution in [0.15, 0.2) is 18.3 Å². The highest BCUT2D eigenvalue weighted by Gasteiger charge is 2.17. The maximum Gasteiger partial charge on any atom is 0.407 e. The van der Waals surface area contributed by atoms with Gasteiger partial charge < -0.3 is 20.5 Å². The number of alkyl carbamates (subject to hydrolysis) is 1. The van der Waals surface area contributed by atoms with E-state index in [4.69, 9.17) is 15.2 Å². The zero-order valence-corrected chi connectivity index (χ0v) is 11.8. The van der Waals surface area contributed by atoms with Crippen LogP contribution < -0.4 is 15.8 Å². The molecule has 3 N–H and O–H groups in total. The summed E-state index contributed by atoms with van der Waals surface area (Å²) in [6.45, 7) is 5.70. The summed E-state index contributed by atoms with van der Waals surface area (Å²) in [5.74, 6) is 0.524. The highest BCUT2D eigenvalue weighted by Crippen LogP contribution is 2.12. The van der Waals surface area contributed by atoms with Crippen molar-refractivity contribution >= 4 is 6.09 Å². The second-order valence-corrected chi connectivity index (χ2v) is 5.12. The number of nitrogens with one attached hydrogen (secondary N) is 1. The van der Waals surface area contributed by atoms with Gasteiger partial charge in [0.05, 0.1) is 7.11 Å². The zero-order valence-electron chi connectivity index (χ0n) is 11.8. The average Bonchev–Trinajstić information content (AvgIpc) is 2.34. The minimum atomic E-state index is -0.518. The van der Waals surface area contributed by atoms with Gasteiger partial charge in [-0.15, -0.1) is 0 Å². The number of methoxy groups -OCH3 is 1. The molecular formula is C13H21N3O3. The number of ether oxygens (including phenoxy) is 2. The number of carbonyl (C=O) groups excluding carboxylic acids is 1. The van der Waals surface area contributed by atoms with Crippen LogP contribution in [0, 0.1) is 0 Å². The molecule has 0 bridgehead atoms. The van der Waals surface area contributed by atoms with Gasteiger partial charge in [0.1, 0.15) is 5.60 Å². The Hall–Kier alpha value is -1.82. The molecule has 0 saturated carbocycles. The maximum atomic E-state index is 11.5. The molecule has 0 aliphatic heterocycles. The van der Waals surface area contributed by atoms with Crippen molar-refractivity contribution in [2.24, 2.45) is 5.73 Å². The molecule has 1 unspecified atom stereocenters. The van der Waals surface area contributed by atoms with Gasteiger partial charge >= 0.3 is 6.09 Å². The SMILES string of the molecule is COc1ccc(C(N)CNC(=O)OC(C)(C)C)cn1. The van der Waals surface area contributed by atoms with Crippen LogP contribution in [-0.2, 0) is 4.74 Å². The lowest BCUT2D eigenvalue weighted by Gasteiger charge is -2.20. The van der Waals surface area contributed by atoms with E-state index in [2.05, 4.69) is 10.3 Å². The lowest BCUT2D eigenvalue weighted by molar-refractivity contribution is 0.0524. The molecule has 1 atom stereocenters. The lowest BCUT2D eigenvalue weighted by atomic mass is 10.1. The van der Waals surface area contributed by atoms with Crippen molar-refractivity contribution < 1.29 is 14.3 Å². The van der Waals surface area contributed by atoms with Crippen LogP contribution in [0.5, 0.6) is 5.88 Å². The van der Waals surface area contributed by atoms with Crippen molar-refractivity contribution in [3.05, 3.63) is 23.9 Å². The molecule has 6 heteroatoms. The van der Waals surface area contributed by atoms with Crippen LogP contribution in [0.4, 0.5) is 4.79 Å². The van der Waals surface area contributed by atoms with Gasteiger partial charge in [0.25, 0.3) is 0 Å². The minimum Gasteiger partial charge on any atom is -0.481 e. The Bertz CT molecular complexity index is 412. The Morgan fingerprint density at radius 1 is 1.47 bits per heavy atom. The summed E-state index contributed by atoms with van der Waals surface area (Å²) in [5.41, 5.74) is 6.25. The summed E-state index contributed by atoms with van der Waals surface area (Å²) in [4.78, 5) is 15.5. The van der Waals surface area contributed by atoms with E-state index in [0.29, 0.717) is 5.88 Å². The summed E-state index contributed by atoms with van der Waals surface area (Å²) >= 11 is 0. The largest absolute Gasteiger partial charge is 0.481 e. The number of nitrogens with two attached hydrogens (primary N) is 1. The van der Waals surface area contributed by atoms with Crippen LogP contribution in [0.1, 0.15) is 32.4 Å². The number of carbonyl (C=O) groups is 1. The molecule has 1 amide bonds. The molecule has 0 aliphatic carbocycles. The molecule has 0 spiro atoms. The highest BCUT2D eigenvalue weighted by molar-refractivity contribution is 5.67. The second-order valence-electron chi connectivity index (χ2n) is 5.12. The van der Waals surface area contributed by atoms with Gasteiger partial charge in [-0.3, -0.25) is 0 Å². The molecule has 0 saturated heterocycles. The summed E-state index contributed by atoms with van der Waals surface area (Å²) in [6, 6.07) is 3.20. The van der Waals surface area contributed by atoms with E-state index in [1.54, 1.807) is 40.1 Å². The number of amides is 1. The van der Waals surface area contributed by atoms with Gasteiger partial charge in [-0.2, -0.15) is 0 Å². The van der Waals surface area contributed by atoms with Crippen molar-refractivity contribution in [2.45, 2.75) is 32.4 Å². The third-order valence-electron chi connectivity index (χ3n) is 2.26. The van der Waals surface area contributed by atoms with E-state index in [9.17, 15) is 4.79 Å². The molecule has 106 valence electrons. The van der Waals surface area contributed by atoms with Crippen LogP contribution in [0.25, 0.3) is 0 Å². The normalized spacial score (nSPS) is 12.7. The Labute approximate surface area is 113 Å². The molecule has 1 heterocycles. The Morgan fingerprint density at radius 2 is 2.16 bits per heavy atom. The lowest BCUT2D eigenvalue weighted by Crippen LogP contribution is -2.36. The number of aromatic nitrogens is 1. The van der Waals surface area contributed by atoms with Crippen LogP contribution in [-0.4, -0.2) is 30.3 Å². The molecule has 0 aliphatic rings. The molecule has 1 rings (SSSR count). The Morgan fingerprint density at radius 3 is 2.63 bits per heavy atom. The predicted octanol–water partition coefficient (Wildman–Crippen LogP) is 1.61. The number of pyridine rings is 1. The van der Waals surface area contributed by atoms with Crippen molar-refractivity contribution in [1.82, 2.24) is 10.3 Å². The molecule has 1 aromatic heterocycles. The fourth-order valence-electron chi connectivity index (χ4n) is 1.36. The molecular weight excluding hydrogens is 246 g/mol. The second kappa shape index (κ2) is 6.38. The maximum absolute atomic E-state index is 11.5. The third-order valence-corrected chi connectivity index (χ3v) is 2.26. The predicted molar refractivity (Wildman–Crippen MR) is 72.0 cm³/mol. The van der Waals surface area contributed by atoms with Crippen molar-refractivity contribution in [3.8, 4) is 5.88 Å². The van der Waals surface area contributed by atoms with Gasteiger partial charge in [0.2, 0.25) is 5.88 Å². The standard InChI is InChI=1S/C13H21N3O3/c1-13(2,3)19-12(17)16-8-10(14)9-5-6-11(18-4)15-7-9/h5-7,10H,8,14H2,1-4H3,(H,16,17). The molecule has 1 aromatic rings. The fourth-order valence-corrected chi connectivity index (χ4v) is 1.36. The summed E-state index contributed by atoms with van der Waals surface area (Å²) in [6.07, 6.45) is 1.14. The van der Waals surface area contributed by atoms with Gasteiger partial charge in [-0.1, -0.05) is 6.07 Å². The van der Waals surface area contributed by atoms with Gasteiger partial charge in [0, 0.05) is 24.8 Å². The molecule has 19 heavy (non-hydrogen) atoms. The Balaban J connectivity index is 2.46. The number of hydrogen-bond acceptors (Lipinski definition) is 5. The van der Waals surface area contributed by atoms with E-state index in [1.807, 2.05) is 6.07 Å². The summed E-state index contributed by atoms with van der Waals surface area (Å²) in [5, 5.41) is 2.62. The Kier molecular flexibility index (Phi) is 5.11. The average molecular weight is 267 g/mol. The van der Waals surface area contributed by atoms with Crippen LogP contribution in [0.3, 0.4) is 0 Å². The minimum absolute atomic E-state index is 0.281. The highest BCUT2D eigenvalue weighted by atomic mass is 16.6. The van der Waals surface area contributed by atoms with E-state index in [-0.39, 0.29) is 12.6 Å². The quantitative estimate of drug-likeness (QED) is 0.865. The third kappa shape index (κ3) is 5.56. The number of hydrogen-bond donors (Lipinski definition) is 2. The van der Waals surface area contributed by atoms with Gasteiger partial charge in [-0.05, 0) is 26.3 Å². The van der Waals surface area contributed by atoms with Gasteiger partial charge in [-0.25, -0.2) is 9.78 Å². The van der Waals surface area contributed by atoms with E-state index in [1.165, 1.54) is 0 Å². The number of rotatable bonds is 4. The first-order valence-electron chi connectivity index (χ1n) is 6.04. The zero-order chi connectivity index (χ0) is 14.5. The first-order chi connectivity index (χ1) is 8.81. The molecule has 6 nitrogen and oxygen atoms in total. The topological polar surface area (TPSA) is 86.5 Å². The smallest absolute Gasteiger partial charge is 0.407 e. The fraction of sp³-hybridized carbons (Fsp3) is 0.538. The van der Waals surface area contributed by atoms with E-state index >= 15 is 0 Å². The van der Waals surface area contributed by atoms with Crippen LogP contribution in [0.2, 0.25) is 0 Å². The number of nitrogens with zero attached hydrogens (tertiary/aromatic N) is 1. The van der Waals surface area contributed by atoms with Crippen molar-refractivity contribution in [1.29, 1.82) is 0 Å². The molecule has 0 aromatic carbocycles. The van der Waals surface area contributed by atoms with E-state index in [0.717, 1.165) is 5.56 Å².